The zero-order valence-corrected chi connectivity index (χ0v) is 13.8. The van der Waals surface area contributed by atoms with Crippen molar-refractivity contribution in [2.24, 2.45) is 5.92 Å². The van der Waals surface area contributed by atoms with Crippen LogP contribution in [-0.4, -0.2) is 54.6 Å². The second-order valence-corrected chi connectivity index (χ2v) is 5.63. The fourth-order valence-electron chi connectivity index (χ4n) is 2.11. The van der Waals surface area contributed by atoms with E-state index in [0.717, 1.165) is 32.1 Å². The molecule has 1 aliphatic rings. The maximum atomic E-state index is 9.10. The van der Waals surface area contributed by atoms with E-state index in [2.05, 4.69) is 12.2 Å². The van der Waals surface area contributed by atoms with E-state index in [4.69, 9.17) is 29.3 Å². The van der Waals surface area contributed by atoms with Gasteiger partial charge in [0.05, 0.1) is 12.7 Å². The molecule has 7 nitrogen and oxygen atoms in total. The van der Waals surface area contributed by atoms with E-state index in [0.29, 0.717) is 12.0 Å². The van der Waals surface area contributed by atoms with Crippen LogP contribution in [-0.2, 0) is 14.3 Å². The van der Waals surface area contributed by atoms with E-state index in [1.165, 1.54) is 12.8 Å². The van der Waals surface area contributed by atoms with E-state index in [1.807, 2.05) is 30.3 Å². The molecule has 2 unspecified atom stereocenters. The van der Waals surface area contributed by atoms with Crippen molar-refractivity contribution >= 4 is 11.9 Å². The van der Waals surface area contributed by atoms with Gasteiger partial charge in [-0.2, -0.15) is 0 Å². The number of carbonyl (C=O) groups is 2. The summed E-state index contributed by atoms with van der Waals surface area (Å²) in [5, 5.41) is 18.2. The molecule has 1 aromatic rings. The van der Waals surface area contributed by atoms with E-state index in [-0.39, 0.29) is 0 Å². The Labute approximate surface area is 141 Å². The lowest BCUT2D eigenvalue weighted by Gasteiger charge is -2.16. The van der Waals surface area contributed by atoms with Crippen LogP contribution in [0.4, 0.5) is 0 Å². The van der Waals surface area contributed by atoms with Crippen LogP contribution in [0.2, 0.25) is 0 Å². The van der Waals surface area contributed by atoms with Crippen molar-refractivity contribution in [2.45, 2.75) is 25.9 Å². The van der Waals surface area contributed by atoms with Crippen molar-refractivity contribution < 1.29 is 29.3 Å². The summed E-state index contributed by atoms with van der Waals surface area (Å²) < 4.78 is 11.3. The average molecular weight is 339 g/mol. The largest absolute Gasteiger partial charge is 0.493 e. The van der Waals surface area contributed by atoms with Crippen molar-refractivity contribution in [1.82, 2.24) is 5.32 Å². The van der Waals surface area contributed by atoms with Gasteiger partial charge in [-0.25, -0.2) is 9.59 Å². The molecule has 1 saturated heterocycles. The number of ether oxygens (including phenoxy) is 2. The number of carboxylic acids is 2. The fourth-order valence-corrected chi connectivity index (χ4v) is 2.11. The van der Waals surface area contributed by atoms with Gasteiger partial charge in [0.25, 0.3) is 0 Å². The second kappa shape index (κ2) is 11.4. The van der Waals surface area contributed by atoms with Crippen molar-refractivity contribution in [1.29, 1.82) is 0 Å². The molecule has 3 N–H and O–H groups in total. The SMILES string of the molecule is CC(CNCC1CCCO1)COc1ccccc1.O=C(O)C(=O)O. The van der Waals surface area contributed by atoms with Gasteiger partial charge in [-0.05, 0) is 25.0 Å². The Morgan fingerprint density at radius 1 is 1.29 bits per heavy atom. The monoisotopic (exact) mass is 339 g/mol. The Morgan fingerprint density at radius 3 is 2.50 bits per heavy atom. The Kier molecular flexibility index (Phi) is 9.48. The van der Waals surface area contributed by atoms with Gasteiger partial charge >= 0.3 is 11.9 Å². The quantitative estimate of drug-likeness (QED) is 0.648. The van der Waals surface area contributed by atoms with Gasteiger partial charge in [0.2, 0.25) is 0 Å². The number of para-hydroxylation sites is 1. The van der Waals surface area contributed by atoms with Crippen molar-refractivity contribution in [3.8, 4) is 5.75 Å². The Morgan fingerprint density at radius 2 is 1.96 bits per heavy atom. The lowest BCUT2D eigenvalue weighted by molar-refractivity contribution is -0.159. The van der Waals surface area contributed by atoms with Gasteiger partial charge in [0, 0.05) is 25.6 Å². The average Bonchev–Trinajstić information content (AvgIpc) is 3.08. The summed E-state index contributed by atoms with van der Waals surface area (Å²) in [7, 11) is 0. The van der Waals surface area contributed by atoms with Gasteiger partial charge in [0.15, 0.2) is 0 Å². The summed E-state index contributed by atoms with van der Waals surface area (Å²) in [6, 6.07) is 9.98. The molecular formula is C17H25NO6. The molecule has 0 amide bonds. The van der Waals surface area contributed by atoms with Crippen molar-refractivity contribution in [3.63, 3.8) is 0 Å². The molecule has 0 aliphatic carbocycles. The molecule has 24 heavy (non-hydrogen) atoms. The summed E-state index contributed by atoms with van der Waals surface area (Å²) in [5.41, 5.74) is 0. The number of aliphatic carboxylic acids is 2. The standard InChI is InChI=1S/C15H23NO2.C2H2O4/c1-13(10-16-11-15-8-5-9-17-15)12-18-14-6-3-2-4-7-14;3-1(4)2(5)6/h2-4,6-7,13,15-16H,5,8-12H2,1H3;(H,3,4)(H,5,6). The van der Waals surface area contributed by atoms with Gasteiger partial charge in [-0.15, -0.1) is 0 Å². The summed E-state index contributed by atoms with van der Waals surface area (Å²) in [5.74, 6) is -2.19. The maximum Gasteiger partial charge on any atom is 0.414 e. The van der Waals surface area contributed by atoms with E-state index in [1.54, 1.807) is 0 Å². The highest BCUT2D eigenvalue weighted by molar-refractivity contribution is 6.27. The fraction of sp³-hybridized carbons (Fsp3) is 0.529. The summed E-state index contributed by atoms with van der Waals surface area (Å²) in [6.45, 7) is 5.83. The van der Waals surface area contributed by atoms with Crippen LogP contribution in [0.15, 0.2) is 30.3 Å². The lowest BCUT2D eigenvalue weighted by Crippen LogP contribution is -2.31. The molecule has 2 rings (SSSR count). The summed E-state index contributed by atoms with van der Waals surface area (Å²) in [6.07, 6.45) is 2.83. The maximum absolute atomic E-state index is 9.10. The molecule has 1 aliphatic heterocycles. The van der Waals surface area contributed by atoms with E-state index < -0.39 is 11.9 Å². The highest BCUT2D eigenvalue weighted by Gasteiger charge is 2.15. The summed E-state index contributed by atoms with van der Waals surface area (Å²) in [4.78, 5) is 18.2. The topological polar surface area (TPSA) is 105 Å². The minimum Gasteiger partial charge on any atom is -0.493 e. The third-order valence-electron chi connectivity index (χ3n) is 3.35. The molecule has 1 aromatic carbocycles. The van der Waals surface area contributed by atoms with Crippen molar-refractivity contribution in [2.75, 3.05) is 26.3 Å². The van der Waals surface area contributed by atoms with Crippen LogP contribution in [0, 0.1) is 5.92 Å². The number of carboxylic acid groups (broad SMARTS) is 2. The number of rotatable bonds is 7. The van der Waals surface area contributed by atoms with Gasteiger partial charge in [0.1, 0.15) is 5.75 Å². The first-order chi connectivity index (χ1) is 11.5. The first-order valence-electron chi connectivity index (χ1n) is 7.95. The molecule has 1 fully saturated rings. The summed E-state index contributed by atoms with van der Waals surface area (Å²) >= 11 is 0. The molecule has 1 heterocycles. The van der Waals surface area contributed by atoms with Crippen molar-refractivity contribution in [3.05, 3.63) is 30.3 Å². The first kappa shape index (κ1) is 19.9. The third-order valence-corrected chi connectivity index (χ3v) is 3.35. The van der Waals surface area contributed by atoms with Crippen LogP contribution in [0.1, 0.15) is 19.8 Å². The van der Waals surface area contributed by atoms with Gasteiger partial charge in [-0.1, -0.05) is 25.1 Å². The van der Waals surface area contributed by atoms with Crippen LogP contribution in [0.5, 0.6) is 5.75 Å². The zero-order chi connectivity index (χ0) is 17.8. The third kappa shape index (κ3) is 9.12. The van der Waals surface area contributed by atoms with E-state index >= 15 is 0 Å². The predicted octanol–water partition coefficient (Wildman–Crippen LogP) is 1.63. The Bertz CT molecular complexity index is 475. The molecule has 7 heteroatoms. The molecule has 0 bridgehead atoms. The first-order valence-corrected chi connectivity index (χ1v) is 7.95. The molecule has 2 atom stereocenters. The highest BCUT2D eigenvalue weighted by Crippen LogP contribution is 2.11. The second-order valence-electron chi connectivity index (χ2n) is 5.63. The Hall–Kier alpha value is -2.12. The van der Waals surface area contributed by atoms with Crippen LogP contribution < -0.4 is 10.1 Å². The normalized spacial score (nSPS) is 17.5. The van der Waals surface area contributed by atoms with Crippen LogP contribution >= 0.6 is 0 Å². The number of hydrogen-bond donors (Lipinski definition) is 3. The smallest absolute Gasteiger partial charge is 0.414 e. The lowest BCUT2D eigenvalue weighted by atomic mass is 10.2. The number of nitrogens with one attached hydrogen (secondary N) is 1. The molecule has 0 radical (unpaired) electrons. The molecule has 0 aromatic heterocycles. The molecular weight excluding hydrogens is 314 g/mol. The Balaban J connectivity index is 0.000000413. The minimum atomic E-state index is -1.82. The van der Waals surface area contributed by atoms with E-state index in [9.17, 15) is 0 Å². The van der Waals surface area contributed by atoms with Gasteiger partial charge < -0.3 is 25.0 Å². The number of hydrogen-bond acceptors (Lipinski definition) is 5. The van der Waals surface area contributed by atoms with Crippen LogP contribution in [0.25, 0.3) is 0 Å². The minimum absolute atomic E-state index is 0.423. The predicted molar refractivity (Wildman–Crippen MR) is 88.2 cm³/mol. The molecule has 0 saturated carbocycles. The zero-order valence-electron chi connectivity index (χ0n) is 13.8. The number of benzene rings is 1. The highest BCUT2D eigenvalue weighted by atomic mass is 16.5. The molecule has 134 valence electrons. The molecule has 0 spiro atoms. The van der Waals surface area contributed by atoms with Crippen LogP contribution in [0.3, 0.4) is 0 Å². The van der Waals surface area contributed by atoms with Gasteiger partial charge in [-0.3, -0.25) is 0 Å².